The van der Waals surface area contributed by atoms with Crippen LogP contribution in [0, 0.1) is 6.92 Å². The van der Waals surface area contributed by atoms with Crippen LogP contribution >= 0.6 is 0 Å². The Morgan fingerprint density at radius 3 is 2.83 bits per heavy atom. The summed E-state index contributed by atoms with van der Waals surface area (Å²) in [5.41, 5.74) is 2.10. The van der Waals surface area contributed by atoms with E-state index in [1.54, 1.807) is 18.2 Å². The maximum absolute atomic E-state index is 11.9. The molecule has 0 unspecified atom stereocenters. The molecule has 1 aromatic heterocycles. The van der Waals surface area contributed by atoms with Gasteiger partial charge in [-0.15, -0.1) is 0 Å². The van der Waals surface area contributed by atoms with E-state index in [2.05, 4.69) is 15.6 Å². The Hall–Kier alpha value is -3.15. The van der Waals surface area contributed by atoms with Crippen molar-refractivity contribution in [3.63, 3.8) is 0 Å². The molecule has 6 heteroatoms. The Kier molecular flexibility index (Phi) is 4.05. The van der Waals surface area contributed by atoms with E-state index in [0.717, 1.165) is 11.1 Å². The van der Waals surface area contributed by atoms with Gasteiger partial charge in [-0.2, -0.15) is 0 Å². The molecule has 2 N–H and O–H groups in total. The number of fused-ring (bicyclic) bond motifs is 1. The van der Waals surface area contributed by atoms with E-state index in [1.165, 1.54) is 6.08 Å². The third-order valence-corrected chi connectivity index (χ3v) is 3.23. The molecule has 6 nitrogen and oxygen atoms in total. The van der Waals surface area contributed by atoms with Gasteiger partial charge in [-0.3, -0.25) is 9.59 Å². The molecule has 23 heavy (non-hydrogen) atoms. The molecule has 2 heterocycles. The van der Waals surface area contributed by atoms with Gasteiger partial charge >= 0.3 is 0 Å². The number of hydrogen-bond donors (Lipinski definition) is 2. The minimum atomic E-state index is -0.305. The number of benzene rings is 1. The van der Waals surface area contributed by atoms with Crippen LogP contribution < -0.4 is 15.4 Å². The van der Waals surface area contributed by atoms with Crippen LogP contribution in [0.3, 0.4) is 0 Å². The van der Waals surface area contributed by atoms with Crippen LogP contribution in [0.4, 0.5) is 11.6 Å². The quantitative estimate of drug-likeness (QED) is 0.853. The van der Waals surface area contributed by atoms with Gasteiger partial charge in [-0.1, -0.05) is 29.8 Å². The molecule has 0 spiro atoms. The second-order valence-electron chi connectivity index (χ2n) is 5.11. The summed E-state index contributed by atoms with van der Waals surface area (Å²) in [6.45, 7) is 1.98. The summed E-state index contributed by atoms with van der Waals surface area (Å²) in [6.07, 6.45) is 3.15. The number of carbonyl (C=O) groups excluding carboxylic acids is 2. The lowest BCUT2D eigenvalue weighted by atomic mass is 10.1. The number of nitrogens with zero attached hydrogens (tertiary/aromatic N) is 1. The fraction of sp³-hybridized carbons (Fsp3) is 0.118. The number of rotatable bonds is 3. The van der Waals surface area contributed by atoms with E-state index in [-0.39, 0.29) is 18.4 Å². The molecule has 2 aromatic rings. The fourth-order valence-corrected chi connectivity index (χ4v) is 2.05. The first-order valence-corrected chi connectivity index (χ1v) is 7.09. The molecule has 1 aromatic carbocycles. The lowest BCUT2D eigenvalue weighted by Crippen LogP contribution is -2.26. The maximum Gasteiger partial charge on any atom is 0.263 e. The highest BCUT2D eigenvalue weighted by Crippen LogP contribution is 2.26. The molecule has 1 aliphatic heterocycles. The van der Waals surface area contributed by atoms with Gasteiger partial charge in [-0.25, -0.2) is 4.98 Å². The number of nitrogens with one attached hydrogen (secondary N) is 2. The number of aromatic nitrogens is 1. The SMILES string of the molecule is Cc1ccc(/C=C/C(=O)Nc2ccc3c(n2)NC(=O)CO3)cc1. The van der Waals surface area contributed by atoms with Crippen molar-refractivity contribution in [3.05, 3.63) is 53.6 Å². The zero-order valence-corrected chi connectivity index (χ0v) is 12.5. The first-order valence-electron chi connectivity index (χ1n) is 7.09. The van der Waals surface area contributed by atoms with E-state index in [9.17, 15) is 9.59 Å². The highest BCUT2D eigenvalue weighted by molar-refractivity contribution is 6.02. The lowest BCUT2D eigenvalue weighted by Gasteiger charge is -2.17. The minimum absolute atomic E-state index is 0.0281. The minimum Gasteiger partial charge on any atom is -0.480 e. The van der Waals surface area contributed by atoms with Gasteiger partial charge in [0.25, 0.3) is 5.91 Å². The van der Waals surface area contributed by atoms with Crippen LogP contribution in [0.25, 0.3) is 6.08 Å². The van der Waals surface area contributed by atoms with E-state index in [1.807, 2.05) is 31.2 Å². The van der Waals surface area contributed by atoms with Gasteiger partial charge in [0.1, 0.15) is 5.82 Å². The van der Waals surface area contributed by atoms with Crippen molar-refractivity contribution in [2.45, 2.75) is 6.92 Å². The average molecular weight is 309 g/mol. The summed E-state index contributed by atoms with van der Waals surface area (Å²) >= 11 is 0. The van der Waals surface area contributed by atoms with E-state index < -0.39 is 0 Å². The van der Waals surface area contributed by atoms with Gasteiger partial charge in [0.05, 0.1) is 0 Å². The predicted molar refractivity (Wildman–Crippen MR) is 87.2 cm³/mol. The smallest absolute Gasteiger partial charge is 0.263 e. The van der Waals surface area contributed by atoms with Crippen molar-refractivity contribution in [3.8, 4) is 5.75 Å². The van der Waals surface area contributed by atoms with Crippen LogP contribution in [0.5, 0.6) is 5.75 Å². The fourth-order valence-electron chi connectivity index (χ4n) is 2.05. The van der Waals surface area contributed by atoms with E-state index in [4.69, 9.17) is 4.74 Å². The maximum atomic E-state index is 11.9. The van der Waals surface area contributed by atoms with Crippen LogP contribution in [-0.2, 0) is 9.59 Å². The number of pyridine rings is 1. The number of aryl methyl sites for hydroxylation is 1. The predicted octanol–water partition coefficient (Wildman–Crippen LogP) is 2.37. The molecule has 0 saturated carbocycles. The molecule has 0 saturated heterocycles. The molecule has 3 rings (SSSR count). The second kappa shape index (κ2) is 6.31. The highest BCUT2D eigenvalue weighted by atomic mass is 16.5. The summed E-state index contributed by atoms with van der Waals surface area (Å²) in [4.78, 5) is 27.3. The van der Waals surface area contributed by atoms with Gasteiger partial charge in [-0.05, 0) is 30.7 Å². The Balaban J connectivity index is 1.67. The van der Waals surface area contributed by atoms with Crippen molar-refractivity contribution < 1.29 is 14.3 Å². The summed E-state index contributed by atoms with van der Waals surface area (Å²) in [5.74, 6) is 0.557. The van der Waals surface area contributed by atoms with Crippen molar-refractivity contribution >= 4 is 29.5 Å². The first kappa shape index (κ1) is 14.8. The number of hydrogen-bond acceptors (Lipinski definition) is 4. The number of anilines is 2. The van der Waals surface area contributed by atoms with Crippen molar-refractivity contribution in [2.24, 2.45) is 0 Å². The van der Waals surface area contributed by atoms with Gasteiger partial charge < -0.3 is 15.4 Å². The van der Waals surface area contributed by atoms with E-state index >= 15 is 0 Å². The van der Waals surface area contributed by atoms with Gasteiger partial charge in [0.2, 0.25) is 5.91 Å². The molecule has 0 radical (unpaired) electrons. The summed E-state index contributed by atoms with van der Waals surface area (Å²) in [7, 11) is 0. The molecule has 1 aliphatic rings. The molecule has 116 valence electrons. The molecular formula is C17H15N3O3. The molecule has 0 bridgehead atoms. The molecule has 0 fully saturated rings. The number of amides is 2. The lowest BCUT2D eigenvalue weighted by molar-refractivity contribution is -0.118. The van der Waals surface area contributed by atoms with E-state index in [0.29, 0.717) is 17.4 Å². The number of ether oxygens (including phenoxy) is 1. The van der Waals surface area contributed by atoms with Crippen molar-refractivity contribution in [1.82, 2.24) is 4.98 Å². The second-order valence-corrected chi connectivity index (χ2v) is 5.11. The van der Waals surface area contributed by atoms with Crippen LogP contribution in [0.1, 0.15) is 11.1 Å². The first-order chi connectivity index (χ1) is 11.1. The average Bonchev–Trinajstić information content (AvgIpc) is 2.54. The monoisotopic (exact) mass is 309 g/mol. The Morgan fingerprint density at radius 2 is 2.04 bits per heavy atom. The zero-order valence-electron chi connectivity index (χ0n) is 12.5. The van der Waals surface area contributed by atoms with Crippen molar-refractivity contribution in [1.29, 1.82) is 0 Å². The Bertz CT molecular complexity index is 782. The standard InChI is InChI=1S/C17H15N3O3/c1-11-2-4-12(5-3-11)6-9-15(21)18-14-8-7-13-17(19-14)20-16(22)10-23-13/h2-9H,10H2,1H3,(H2,18,19,20,21,22)/b9-6+. The molecule has 2 amide bonds. The summed E-state index contributed by atoms with van der Waals surface area (Å²) in [5, 5.41) is 5.24. The van der Waals surface area contributed by atoms with Crippen LogP contribution in [-0.4, -0.2) is 23.4 Å². The summed E-state index contributed by atoms with van der Waals surface area (Å²) < 4.78 is 5.21. The Labute approximate surface area is 133 Å². The summed E-state index contributed by atoms with van der Waals surface area (Å²) in [6, 6.07) is 11.1. The van der Waals surface area contributed by atoms with Gasteiger partial charge in [0, 0.05) is 6.08 Å². The van der Waals surface area contributed by atoms with Crippen molar-refractivity contribution in [2.75, 3.05) is 17.2 Å². The topological polar surface area (TPSA) is 80.3 Å². The normalized spacial score (nSPS) is 13.2. The van der Waals surface area contributed by atoms with Crippen LogP contribution in [0.15, 0.2) is 42.5 Å². The third-order valence-electron chi connectivity index (χ3n) is 3.23. The zero-order chi connectivity index (χ0) is 16.2. The molecule has 0 atom stereocenters. The number of carbonyl (C=O) groups is 2. The third kappa shape index (κ3) is 3.74. The highest BCUT2D eigenvalue weighted by Gasteiger charge is 2.17. The molecule has 0 aliphatic carbocycles. The van der Waals surface area contributed by atoms with Crippen LogP contribution in [0.2, 0.25) is 0 Å². The largest absolute Gasteiger partial charge is 0.480 e. The van der Waals surface area contributed by atoms with Gasteiger partial charge in [0.15, 0.2) is 18.2 Å². The molecular weight excluding hydrogens is 294 g/mol. The Morgan fingerprint density at radius 1 is 1.26 bits per heavy atom.